The predicted molar refractivity (Wildman–Crippen MR) is 181 cm³/mol. The van der Waals surface area contributed by atoms with Crippen molar-refractivity contribution >= 4 is 8.25 Å². The molecule has 4 aromatic rings. The van der Waals surface area contributed by atoms with Crippen molar-refractivity contribution in [3.8, 4) is 11.5 Å². The largest absolute Gasteiger partial charge is 0.467 e. The highest BCUT2D eigenvalue weighted by Gasteiger charge is 2.14. The van der Waals surface area contributed by atoms with Gasteiger partial charge in [-0.1, -0.05) is 52.0 Å². The molecule has 0 radical (unpaired) electrons. The van der Waals surface area contributed by atoms with Crippen molar-refractivity contribution in [3.05, 3.63) is 128 Å². The molecule has 0 saturated carbocycles. The third-order valence-corrected chi connectivity index (χ3v) is 8.98. The maximum atomic E-state index is 14.2. The third-order valence-electron chi connectivity index (χ3n) is 8.27. The molecule has 0 bridgehead atoms. The molecule has 46 heavy (non-hydrogen) atoms. The molecule has 0 aromatic heterocycles. The lowest BCUT2D eigenvalue weighted by Gasteiger charge is -2.16. The fourth-order valence-corrected chi connectivity index (χ4v) is 6.06. The number of hydrogen-bond donors (Lipinski definition) is 0. The van der Waals surface area contributed by atoms with Gasteiger partial charge in [-0.3, -0.25) is 13.6 Å². The SMILES string of the molecule is Cc1cc(OCO[PH](=O)OCOc2cc(C)c(Cc3ccc(F)c(C(C)C)c3)c(C)c2)cc(C)c1Cc1ccc(F)c(C(C)C)c1. The molecular weight excluding hydrogens is 605 g/mol. The quantitative estimate of drug-likeness (QED) is 0.100. The first-order valence-electron chi connectivity index (χ1n) is 15.6. The topological polar surface area (TPSA) is 54.0 Å². The van der Waals surface area contributed by atoms with Crippen molar-refractivity contribution in [1.29, 1.82) is 0 Å². The van der Waals surface area contributed by atoms with E-state index in [-0.39, 0.29) is 37.1 Å². The average Bonchev–Trinajstić information content (AvgIpc) is 2.98. The first-order valence-corrected chi connectivity index (χ1v) is 16.9. The van der Waals surface area contributed by atoms with E-state index < -0.39 is 8.25 Å². The van der Waals surface area contributed by atoms with E-state index in [2.05, 4.69) is 0 Å². The zero-order valence-electron chi connectivity index (χ0n) is 28.1. The number of halogens is 2. The number of hydrogen-bond acceptors (Lipinski definition) is 5. The minimum Gasteiger partial charge on any atom is -0.467 e. The number of aryl methyl sites for hydroxylation is 4. The van der Waals surface area contributed by atoms with Gasteiger partial charge in [-0.2, -0.15) is 0 Å². The Balaban J connectivity index is 1.25. The summed E-state index contributed by atoms with van der Waals surface area (Å²) in [6, 6.07) is 18.3. The Hall–Kier alpha value is -3.51. The normalized spacial score (nSPS) is 11.6. The van der Waals surface area contributed by atoms with Gasteiger partial charge in [0, 0.05) is 0 Å². The predicted octanol–water partition coefficient (Wildman–Crippen LogP) is 10.4. The molecule has 0 fully saturated rings. The van der Waals surface area contributed by atoms with Crippen LogP contribution in [0.5, 0.6) is 11.5 Å². The number of rotatable bonds is 14. The second kappa shape index (κ2) is 15.9. The summed E-state index contributed by atoms with van der Waals surface area (Å²) in [5.41, 5.74) is 10.00. The number of benzene rings is 4. The van der Waals surface area contributed by atoms with Crippen molar-refractivity contribution in [1.82, 2.24) is 0 Å². The van der Waals surface area contributed by atoms with Gasteiger partial charge in [-0.05, 0) is 144 Å². The van der Waals surface area contributed by atoms with Crippen molar-refractivity contribution in [2.45, 2.75) is 80.1 Å². The second-order valence-corrected chi connectivity index (χ2v) is 13.6. The molecule has 0 amide bonds. The van der Waals surface area contributed by atoms with E-state index in [1.807, 2.05) is 104 Å². The standard InChI is InChI=1S/C38H45F2O5P/c1-23(2)33-17-29(9-11-37(33)39)19-35-25(5)13-31(14-26(35)6)42-21-44-46(41)45-22-43-32-15-27(7)36(28(8)16-32)20-30-10-12-38(40)34(18-30)24(3)4/h9-18,23-24,46H,19-22H2,1-8H3. The average molecular weight is 651 g/mol. The first kappa shape index (κ1) is 35.3. The Labute approximate surface area is 272 Å². The monoisotopic (exact) mass is 650 g/mol. The van der Waals surface area contributed by atoms with Gasteiger partial charge in [0.25, 0.3) is 0 Å². The highest BCUT2D eigenvalue weighted by molar-refractivity contribution is 7.33. The summed E-state index contributed by atoms with van der Waals surface area (Å²) in [7, 11) is -2.86. The Morgan fingerprint density at radius 1 is 0.587 bits per heavy atom. The summed E-state index contributed by atoms with van der Waals surface area (Å²) < 4.78 is 62.6. The van der Waals surface area contributed by atoms with Gasteiger partial charge in [-0.25, -0.2) is 8.78 Å². The van der Waals surface area contributed by atoms with Crippen LogP contribution in [0.15, 0.2) is 60.7 Å². The molecule has 4 aromatic carbocycles. The number of ether oxygens (including phenoxy) is 2. The Bertz CT molecular complexity index is 1530. The van der Waals surface area contributed by atoms with Crippen LogP contribution in [0.4, 0.5) is 8.78 Å². The minimum absolute atomic E-state index is 0.111. The second-order valence-electron chi connectivity index (χ2n) is 12.5. The van der Waals surface area contributed by atoms with Crippen LogP contribution in [-0.2, 0) is 26.5 Å². The molecule has 8 heteroatoms. The minimum atomic E-state index is -2.86. The molecular formula is C38H45F2O5P. The van der Waals surface area contributed by atoms with Gasteiger partial charge in [0.05, 0.1) is 0 Å². The van der Waals surface area contributed by atoms with E-state index in [1.54, 1.807) is 0 Å². The van der Waals surface area contributed by atoms with Gasteiger partial charge in [0.15, 0.2) is 13.6 Å². The van der Waals surface area contributed by atoms with E-state index in [0.717, 1.165) is 55.6 Å². The van der Waals surface area contributed by atoms with Crippen LogP contribution in [0.1, 0.15) is 95.2 Å². The highest BCUT2D eigenvalue weighted by Crippen LogP contribution is 2.30. The van der Waals surface area contributed by atoms with Crippen LogP contribution in [0, 0.1) is 39.3 Å². The zero-order valence-corrected chi connectivity index (χ0v) is 29.1. The summed E-state index contributed by atoms with van der Waals surface area (Å²) in [6.07, 6.45) is 1.37. The lowest BCUT2D eigenvalue weighted by atomic mass is 9.93. The van der Waals surface area contributed by atoms with E-state index in [0.29, 0.717) is 24.3 Å². The summed E-state index contributed by atoms with van der Waals surface area (Å²) in [5.74, 6) is 1.06. The van der Waals surface area contributed by atoms with Crippen molar-refractivity contribution in [2.75, 3.05) is 13.6 Å². The lowest BCUT2D eigenvalue weighted by molar-refractivity contribution is 0.0696. The molecule has 0 atom stereocenters. The molecule has 246 valence electrons. The van der Waals surface area contributed by atoms with Gasteiger partial charge < -0.3 is 9.47 Å². The summed E-state index contributed by atoms with van der Waals surface area (Å²) in [5, 5.41) is 0. The maximum Gasteiger partial charge on any atom is 0.324 e. The molecule has 0 unspecified atom stereocenters. The third kappa shape index (κ3) is 9.28. The maximum absolute atomic E-state index is 14.2. The lowest BCUT2D eigenvalue weighted by Crippen LogP contribution is -2.04. The van der Waals surface area contributed by atoms with Gasteiger partial charge in [0.1, 0.15) is 23.1 Å². The molecule has 0 N–H and O–H groups in total. The van der Waals surface area contributed by atoms with Crippen LogP contribution < -0.4 is 9.47 Å². The molecule has 4 rings (SSSR count). The molecule has 0 saturated heterocycles. The Morgan fingerprint density at radius 3 is 1.26 bits per heavy atom. The van der Waals surface area contributed by atoms with Crippen molar-refractivity contribution < 1.29 is 31.9 Å². The van der Waals surface area contributed by atoms with Crippen molar-refractivity contribution in [2.24, 2.45) is 0 Å². The molecule has 0 aliphatic carbocycles. The summed E-state index contributed by atoms with van der Waals surface area (Å²) in [6.45, 7) is 15.5. The summed E-state index contributed by atoms with van der Waals surface area (Å²) in [4.78, 5) is 0. The van der Waals surface area contributed by atoms with Gasteiger partial charge >= 0.3 is 8.25 Å². The highest BCUT2D eigenvalue weighted by atomic mass is 31.1. The van der Waals surface area contributed by atoms with E-state index in [4.69, 9.17) is 18.5 Å². The fourth-order valence-electron chi connectivity index (χ4n) is 5.66. The van der Waals surface area contributed by atoms with Gasteiger partial charge in [0.2, 0.25) is 0 Å². The van der Waals surface area contributed by atoms with Crippen LogP contribution >= 0.6 is 8.25 Å². The van der Waals surface area contributed by atoms with Crippen molar-refractivity contribution in [3.63, 3.8) is 0 Å². The smallest absolute Gasteiger partial charge is 0.324 e. The van der Waals surface area contributed by atoms with Crippen LogP contribution in [0.2, 0.25) is 0 Å². The van der Waals surface area contributed by atoms with Crippen LogP contribution in [0.3, 0.4) is 0 Å². The zero-order chi connectivity index (χ0) is 33.5. The summed E-state index contributed by atoms with van der Waals surface area (Å²) >= 11 is 0. The van der Waals surface area contributed by atoms with Gasteiger partial charge in [-0.15, -0.1) is 0 Å². The molecule has 0 heterocycles. The fraction of sp³-hybridized carbons (Fsp3) is 0.368. The van der Waals surface area contributed by atoms with Crippen LogP contribution in [0.25, 0.3) is 0 Å². The molecule has 5 nitrogen and oxygen atoms in total. The molecule has 0 aliphatic heterocycles. The Kier molecular flexibility index (Phi) is 12.2. The Morgan fingerprint density at radius 2 is 0.935 bits per heavy atom. The molecule has 0 spiro atoms. The van der Waals surface area contributed by atoms with E-state index in [9.17, 15) is 13.3 Å². The van der Waals surface area contributed by atoms with E-state index in [1.165, 1.54) is 12.1 Å². The molecule has 0 aliphatic rings. The van der Waals surface area contributed by atoms with Crippen LogP contribution in [-0.4, -0.2) is 13.6 Å². The van der Waals surface area contributed by atoms with E-state index >= 15 is 0 Å². The first-order chi connectivity index (χ1) is 21.8.